The standard InChI is InChI=1S/C22H24N2O6/c1-21(2)10-14(25)16-15(11-21)30-18(23)17(19(26)29-9-8-28-3)22(16)12-6-4-5-7-13(12)24-20(22)27/h4-7H,8-11,23H2,1-3H3,(H,24,27)/t22-/m0/s1. The van der Waals surface area contributed by atoms with Crippen molar-refractivity contribution in [3.05, 3.63) is 52.6 Å². The number of fused-ring (bicyclic) bond motifs is 3. The molecule has 2 aliphatic heterocycles. The normalized spacial score (nSPS) is 24.4. The summed E-state index contributed by atoms with van der Waals surface area (Å²) in [5.41, 5.74) is 5.13. The van der Waals surface area contributed by atoms with Gasteiger partial charge in [0.1, 0.15) is 23.4 Å². The van der Waals surface area contributed by atoms with E-state index in [1.807, 2.05) is 13.8 Å². The predicted octanol–water partition coefficient (Wildman–Crippen LogP) is 1.91. The van der Waals surface area contributed by atoms with Crippen molar-refractivity contribution in [3.63, 3.8) is 0 Å². The van der Waals surface area contributed by atoms with Crippen LogP contribution >= 0.6 is 0 Å². The molecular weight excluding hydrogens is 388 g/mol. The first-order valence-electron chi connectivity index (χ1n) is 9.74. The van der Waals surface area contributed by atoms with Crippen LogP contribution in [0.15, 0.2) is 47.1 Å². The monoisotopic (exact) mass is 412 g/mol. The number of hydrogen-bond donors (Lipinski definition) is 2. The van der Waals surface area contributed by atoms with Crippen molar-refractivity contribution in [1.29, 1.82) is 0 Å². The van der Waals surface area contributed by atoms with Crippen molar-refractivity contribution in [2.24, 2.45) is 11.1 Å². The number of allylic oxidation sites excluding steroid dienone is 1. The predicted molar refractivity (Wildman–Crippen MR) is 107 cm³/mol. The maximum absolute atomic E-state index is 13.5. The van der Waals surface area contributed by atoms with Gasteiger partial charge in [0.05, 0.1) is 12.2 Å². The molecule has 1 atom stereocenters. The molecule has 158 valence electrons. The van der Waals surface area contributed by atoms with Gasteiger partial charge in [0.25, 0.3) is 0 Å². The summed E-state index contributed by atoms with van der Waals surface area (Å²) in [5.74, 6) is -1.49. The Balaban J connectivity index is 1.96. The Labute approximate surface area is 174 Å². The molecule has 0 saturated heterocycles. The van der Waals surface area contributed by atoms with Crippen molar-refractivity contribution in [2.45, 2.75) is 32.1 Å². The first-order chi connectivity index (χ1) is 14.2. The minimum absolute atomic E-state index is 0.0294. The molecule has 0 fully saturated rings. The third kappa shape index (κ3) is 2.82. The van der Waals surface area contributed by atoms with Crippen LogP contribution in [0.3, 0.4) is 0 Å². The van der Waals surface area contributed by atoms with E-state index >= 15 is 0 Å². The number of amides is 1. The highest BCUT2D eigenvalue weighted by molar-refractivity contribution is 6.22. The first-order valence-corrected chi connectivity index (χ1v) is 9.74. The minimum atomic E-state index is -1.70. The average Bonchev–Trinajstić information content (AvgIpc) is 2.93. The second-order valence-electron chi connectivity index (χ2n) is 8.46. The Bertz CT molecular complexity index is 1020. The van der Waals surface area contributed by atoms with Crippen molar-refractivity contribution < 1.29 is 28.6 Å². The summed E-state index contributed by atoms with van der Waals surface area (Å²) >= 11 is 0. The number of methoxy groups -OCH3 is 1. The zero-order valence-electron chi connectivity index (χ0n) is 17.2. The van der Waals surface area contributed by atoms with Gasteiger partial charge in [-0.15, -0.1) is 0 Å². The summed E-state index contributed by atoms with van der Waals surface area (Å²) in [6, 6.07) is 6.95. The Hall–Kier alpha value is -3.13. The van der Waals surface area contributed by atoms with E-state index in [4.69, 9.17) is 19.9 Å². The summed E-state index contributed by atoms with van der Waals surface area (Å²) in [7, 11) is 1.48. The lowest BCUT2D eigenvalue weighted by molar-refractivity contribution is -0.142. The van der Waals surface area contributed by atoms with Gasteiger partial charge in [0, 0.05) is 31.2 Å². The minimum Gasteiger partial charge on any atom is -0.460 e. The van der Waals surface area contributed by atoms with Gasteiger partial charge in [-0.1, -0.05) is 32.0 Å². The zero-order chi connectivity index (χ0) is 21.7. The topological polar surface area (TPSA) is 117 Å². The number of carbonyl (C=O) groups excluding carboxylic acids is 3. The van der Waals surface area contributed by atoms with Crippen molar-refractivity contribution >= 4 is 23.3 Å². The number of rotatable bonds is 4. The van der Waals surface area contributed by atoms with Crippen LogP contribution in [-0.2, 0) is 34.0 Å². The molecule has 8 heteroatoms. The molecule has 0 aromatic heterocycles. The van der Waals surface area contributed by atoms with Gasteiger partial charge in [-0.3, -0.25) is 9.59 Å². The summed E-state index contributed by atoms with van der Waals surface area (Å²) in [6.07, 6.45) is 0.635. The highest BCUT2D eigenvalue weighted by Crippen LogP contribution is 2.56. The van der Waals surface area contributed by atoms with Gasteiger partial charge < -0.3 is 25.3 Å². The Kier molecular flexibility index (Phi) is 4.69. The molecule has 1 amide bonds. The molecule has 3 aliphatic rings. The highest BCUT2D eigenvalue weighted by Gasteiger charge is 2.62. The molecule has 2 heterocycles. The number of nitrogens with one attached hydrogen (secondary N) is 1. The number of ketones is 1. The van der Waals surface area contributed by atoms with Gasteiger partial charge in [0.2, 0.25) is 11.8 Å². The van der Waals surface area contributed by atoms with Gasteiger partial charge in [-0.25, -0.2) is 4.79 Å². The molecule has 30 heavy (non-hydrogen) atoms. The molecule has 8 nitrogen and oxygen atoms in total. The van der Waals surface area contributed by atoms with Crippen LogP contribution in [0.25, 0.3) is 0 Å². The molecule has 1 spiro atoms. The first kappa shape index (κ1) is 20.2. The van der Waals surface area contributed by atoms with Gasteiger partial charge >= 0.3 is 5.97 Å². The van der Waals surface area contributed by atoms with Crippen LogP contribution in [0.4, 0.5) is 5.69 Å². The third-order valence-electron chi connectivity index (χ3n) is 5.71. The van der Waals surface area contributed by atoms with Crippen LogP contribution in [-0.4, -0.2) is 38.0 Å². The van der Waals surface area contributed by atoms with Crippen LogP contribution in [0, 0.1) is 5.41 Å². The lowest BCUT2D eigenvalue weighted by Crippen LogP contribution is -2.50. The van der Waals surface area contributed by atoms with E-state index in [1.54, 1.807) is 24.3 Å². The second kappa shape index (κ2) is 6.98. The highest BCUT2D eigenvalue weighted by atomic mass is 16.6. The lowest BCUT2D eigenvalue weighted by Gasteiger charge is -2.41. The Morgan fingerprint density at radius 2 is 1.93 bits per heavy atom. The van der Waals surface area contributed by atoms with Crippen LogP contribution in [0.2, 0.25) is 0 Å². The number of esters is 1. The van der Waals surface area contributed by atoms with E-state index in [0.29, 0.717) is 23.4 Å². The molecule has 0 saturated carbocycles. The van der Waals surface area contributed by atoms with Crippen molar-refractivity contribution in [3.8, 4) is 0 Å². The van der Waals surface area contributed by atoms with E-state index in [0.717, 1.165) is 0 Å². The van der Waals surface area contributed by atoms with Crippen LogP contribution in [0.1, 0.15) is 32.3 Å². The van der Waals surface area contributed by atoms with Crippen molar-refractivity contribution in [1.82, 2.24) is 0 Å². The van der Waals surface area contributed by atoms with E-state index in [-0.39, 0.29) is 47.9 Å². The van der Waals surface area contributed by atoms with E-state index in [9.17, 15) is 14.4 Å². The Morgan fingerprint density at radius 1 is 1.20 bits per heavy atom. The number of ether oxygens (including phenoxy) is 3. The summed E-state index contributed by atoms with van der Waals surface area (Å²) in [5, 5.41) is 2.80. The summed E-state index contributed by atoms with van der Waals surface area (Å²) in [6.45, 7) is 4.04. The quantitative estimate of drug-likeness (QED) is 0.573. The van der Waals surface area contributed by atoms with Gasteiger partial charge in [-0.2, -0.15) is 0 Å². The lowest BCUT2D eigenvalue weighted by atomic mass is 9.62. The Morgan fingerprint density at radius 3 is 2.67 bits per heavy atom. The largest absolute Gasteiger partial charge is 0.460 e. The molecule has 0 bridgehead atoms. The van der Waals surface area contributed by atoms with Gasteiger partial charge in [0.15, 0.2) is 5.78 Å². The number of hydrogen-bond acceptors (Lipinski definition) is 7. The van der Waals surface area contributed by atoms with Crippen molar-refractivity contribution in [2.75, 3.05) is 25.6 Å². The molecule has 1 aromatic carbocycles. The molecule has 3 N–H and O–H groups in total. The van der Waals surface area contributed by atoms with Crippen LogP contribution in [0.5, 0.6) is 0 Å². The fraction of sp³-hybridized carbons (Fsp3) is 0.409. The molecule has 4 rings (SSSR count). The third-order valence-corrected chi connectivity index (χ3v) is 5.71. The fourth-order valence-electron chi connectivity index (χ4n) is 4.56. The maximum Gasteiger partial charge on any atom is 0.341 e. The zero-order valence-corrected chi connectivity index (χ0v) is 17.2. The van der Waals surface area contributed by atoms with E-state index < -0.39 is 17.3 Å². The number of carbonyl (C=O) groups is 3. The second-order valence-corrected chi connectivity index (χ2v) is 8.46. The summed E-state index contributed by atoms with van der Waals surface area (Å²) in [4.78, 5) is 39.9. The number of para-hydroxylation sites is 1. The SMILES string of the molecule is COCCOC(=O)C1=C(N)OC2=C(C(=O)CC(C)(C)C2)[C@]12C(=O)Nc1ccccc12. The molecule has 0 unspecified atom stereocenters. The molecular formula is C22H24N2O6. The smallest absolute Gasteiger partial charge is 0.341 e. The molecule has 1 aliphatic carbocycles. The maximum atomic E-state index is 13.5. The van der Waals surface area contributed by atoms with Gasteiger partial charge in [-0.05, 0) is 11.5 Å². The number of benzene rings is 1. The van der Waals surface area contributed by atoms with Crippen LogP contribution < -0.4 is 11.1 Å². The number of nitrogens with two attached hydrogens (primary N) is 1. The molecule has 1 aromatic rings. The summed E-state index contributed by atoms with van der Waals surface area (Å²) < 4.78 is 16.0. The average molecular weight is 412 g/mol. The number of Topliss-reactive ketones (excluding diaryl/α,β-unsaturated/α-hetero) is 1. The number of anilines is 1. The van der Waals surface area contributed by atoms with E-state index in [1.165, 1.54) is 7.11 Å². The van der Waals surface area contributed by atoms with E-state index in [2.05, 4.69) is 5.32 Å². The fourth-order valence-corrected chi connectivity index (χ4v) is 4.56. The molecule has 0 radical (unpaired) electrons.